The van der Waals surface area contributed by atoms with Gasteiger partial charge in [0.25, 0.3) is 5.78 Å². The van der Waals surface area contributed by atoms with Gasteiger partial charge in [-0.25, -0.2) is 14.3 Å². The molecule has 1 amide bonds. The molecule has 8 heteroatoms. The van der Waals surface area contributed by atoms with Crippen LogP contribution >= 0.6 is 11.8 Å². The number of rotatable bonds is 7. The van der Waals surface area contributed by atoms with Gasteiger partial charge in [-0.2, -0.15) is 4.98 Å². The Bertz CT molecular complexity index is 746. The fourth-order valence-corrected chi connectivity index (χ4v) is 3.62. The molecule has 1 aliphatic rings. The molecule has 1 fully saturated rings. The predicted octanol–water partition coefficient (Wildman–Crippen LogP) is 2.63. The molecule has 130 valence electrons. The van der Waals surface area contributed by atoms with E-state index in [1.807, 2.05) is 11.4 Å². The number of carbonyl (C=O) groups excluding carboxylic acids is 1. The summed E-state index contributed by atoms with van der Waals surface area (Å²) in [7, 11) is 0. The number of nitrogens with zero attached hydrogens (tertiary/aromatic N) is 5. The van der Waals surface area contributed by atoms with E-state index in [0.717, 1.165) is 36.4 Å². The molecule has 0 bridgehead atoms. The monoisotopic (exact) mass is 349 g/mol. The lowest BCUT2D eigenvalue weighted by atomic mass is 10.1. The van der Waals surface area contributed by atoms with Crippen LogP contribution in [0.15, 0.2) is 5.16 Å². The number of carbonyl (C=O) groups is 1. The summed E-state index contributed by atoms with van der Waals surface area (Å²) in [5, 5.41) is 5.28. The van der Waals surface area contributed by atoms with Gasteiger partial charge in [0.05, 0.1) is 6.54 Å². The summed E-state index contributed by atoms with van der Waals surface area (Å²) in [4.78, 5) is 22.2. The predicted molar refractivity (Wildman–Crippen MR) is 92.5 cm³/mol. The number of amides is 1. The van der Waals surface area contributed by atoms with Gasteiger partial charge < -0.3 is 9.64 Å². The second kappa shape index (κ2) is 7.38. The Labute approximate surface area is 145 Å². The van der Waals surface area contributed by atoms with Crippen molar-refractivity contribution in [3.8, 4) is 0 Å². The molecule has 0 aliphatic carbocycles. The van der Waals surface area contributed by atoms with E-state index in [4.69, 9.17) is 4.74 Å². The lowest BCUT2D eigenvalue weighted by Crippen LogP contribution is -2.26. The molecule has 0 aromatic carbocycles. The van der Waals surface area contributed by atoms with Crippen molar-refractivity contribution in [2.75, 3.05) is 25.4 Å². The van der Waals surface area contributed by atoms with E-state index in [-0.39, 0.29) is 6.09 Å². The van der Waals surface area contributed by atoms with Gasteiger partial charge in [0.15, 0.2) is 0 Å². The Kier molecular flexibility index (Phi) is 5.23. The maximum Gasteiger partial charge on any atom is 0.409 e. The standard InChI is InChI=1S/C16H23N5O2S/c1-4-5-6-13-11(2)17-14-18-15(19-21(14)12(13)3)24-10-8-20-7-9-23-16(20)22/h4-10H2,1-3H3. The van der Waals surface area contributed by atoms with Crippen molar-refractivity contribution in [3.63, 3.8) is 0 Å². The van der Waals surface area contributed by atoms with E-state index in [1.165, 1.54) is 5.56 Å². The highest BCUT2D eigenvalue weighted by Crippen LogP contribution is 2.20. The highest BCUT2D eigenvalue weighted by Gasteiger charge is 2.21. The number of aromatic nitrogens is 4. The number of thioether (sulfide) groups is 1. The van der Waals surface area contributed by atoms with Crippen molar-refractivity contribution in [1.82, 2.24) is 24.5 Å². The van der Waals surface area contributed by atoms with Gasteiger partial charge in [0, 0.05) is 23.7 Å². The van der Waals surface area contributed by atoms with Gasteiger partial charge in [0.1, 0.15) is 6.61 Å². The van der Waals surface area contributed by atoms with Gasteiger partial charge in [-0.1, -0.05) is 25.1 Å². The third-order valence-electron chi connectivity index (χ3n) is 4.25. The first-order valence-corrected chi connectivity index (χ1v) is 9.36. The molecule has 2 aromatic heterocycles. The van der Waals surface area contributed by atoms with Gasteiger partial charge in [-0.05, 0) is 32.3 Å². The van der Waals surface area contributed by atoms with Crippen LogP contribution in [-0.2, 0) is 11.2 Å². The molecule has 3 heterocycles. The van der Waals surface area contributed by atoms with Crippen molar-refractivity contribution >= 4 is 23.6 Å². The van der Waals surface area contributed by atoms with Gasteiger partial charge >= 0.3 is 6.09 Å². The molecule has 2 aromatic rings. The van der Waals surface area contributed by atoms with Crippen LogP contribution in [0.4, 0.5) is 4.79 Å². The van der Waals surface area contributed by atoms with E-state index in [0.29, 0.717) is 30.6 Å². The minimum Gasteiger partial charge on any atom is -0.448 e. The normalized spacial score (nSPS) is 14.6. The Morgan fingerprint density at radius 1 is 1.29 bits per heavy atom. The summed E-state index contributed by atoms with van der Waals surface area (Å²) >= 11 is 1.54. The molecule has 0 spiro atoms. The van der Waals surface area contributed by atoms with Crippen molar-refractivity contribution in [2.24, 2.45) is 0 Å². The summed E-state index contributed by atoms with van der Waals surface area (Å²) in [6, 6.07) is 0. The number of hydrogen-bond acceptors (Lipinski definition) is 6. The van der Waals surface area contributed by atoms with Crippen molar-refractivity contribution < 1.29 is 9.53 Å². The lowest BCUT2D eigenvalue weighted by Gasteiger charge is -2.10. The van der Waals surface area contributed by atoms with E-state index >= 15 is 0 Å². The van der Waals surface area contributed by atoms with Crippen LogP contribution in [0.2, 0.25) is 0 Å². The molecule has 0 unspecified atom stereocenters. The second-order valence-electron chi connectivity index (χ2n) is 5.92. The van der Waals surface area contributed by atoms with Crippen LogP contribution in [0, 0.1) is 13.8 Å². The van der Waals surface area contributed by atoms with E-state index in [2.05, 4.69) is 28.9 Å². The second-order valence-corrected chi connectivity index (χ2v) is 6.98. The Hall–Kier alpha value is -1.83. The molecule has 7 nitrogen and oxygen atoms in total. The van der Waals surface area contributed by atoms with E-state index in [1.54, 1.807) is 16.7 Å². The summed E-state index contributed by atoms with van der Waals surface area (Å²) < 4.78 is 6.76. The Balaban J connectivity index is 1.71. The molecule has 0 atom stereocenters. The Morgan fingerprint density at radius 3 is 2.83 bits per heavy atom. The van der Waals surface area contributed by atoms with Crippen LogP contribution < -0.4 is 0 Å². The third-order valence-corrected chi connectivity index (χ3v) is 5.06. The van der Waals surface area contributed by atoms with E-state index in [9.17, 15) is 4.79 Å². The average Bonchev–Trinajstić information content (AvgIpc) is 3.14. The zero-order valence-corrected chi connectivity index (χ0v) is 15.2. The van der Waals surface area contributed by atoms with Gasteiger partial charge in [-0.3, -0.25) is 0 Å². The molecular formula is C16H23N5O2S. The molecule has 1 saturated heterocycles. The fourth-order valence-electron chi connectivity index (χ4n) is 2.84. The first kappa shape index (κ1) is 17.0. The number of fused-ring (bicyclic) bond motifs is 1. The molecular weight excluding hydrogens is 326 g/mol. The number of ether oxygens (including phenoxy) is 1. The van der Waals surface area contributed by atoms with Crippen molar-refractivity contribution in [2.45, 2.75) is 45.2 Å². The minimum atomic E-state index is -0.229. The Morgan fingerprint density at radius 2 is 2.12 bits per heavy atom. The maximum absolute atomic E-state index is 11.4. The summed E-state index contributed by atoms with van der Waals surface area (Å²) in [6.45, 7) is 8.11. The van der Waals surface area contributed by atoms with Crippen molar-refractivity contribution in [3.05, 3.63) is 17.0 Å². The van der Waals surface area contributed by atoms with Gasteiger partial charge in [0.2, 0.25) is 5.16 Å². The third kappa shape index (κ3) is 3.48. The maximum atomic E-state index is 11.4. The number of hydrogen-bond donors (Lipinski definition) is 0. The molecule has 3 rings (SSSR count). The van der Waals surface area contributed by atoms with Crippen LogP contribution in [0.5, 0.6) is 0 Å². The smallest absolute Gasteiger partial charge is 0.409 e. The average molecular weight is 349 g/mol. The van der Waals surface area contributed by atoms with E-state index < -0.39 is 0 Å². The van der Waals surface area contributed by atoms with Crippen LogP contribution in [0.25, 0.3) is 5.78 Å². The number of cyclic esters (lactones) is 1. The van der Waals surface area contributed by atoms with Crippen molar-refractivity contribution in [1.29, 1.82) is 0 Å². The summed E-state index contributed by atoms with van der Waals surface area (Å²) in [5.74, 6) is 1.39. The summed E-state index contributed by atoms with van der Waals surface area (Å²) in [6.07, 6.45) is 3.11. The van der Waals surface area contributed by atoms with Crippen LogP contribution in [-0.4, -0.2) is 56.0 Å². The highest BCUT2D eigenvalue weighted by molar-refractivity contribution is 7.99. The quantitative estimate of drug-likeness (QED) is 0.716. The molecule has 24 heavy (non-hydrogen) atoms. The van der Waals surface area contributed by atoms with Gasteiger partial charge in [-0.15, -0.1) is 5.10 Å². The molecule has 0 saturated carbocycles. The zero-order valence-electron chi connectivity index (χ0n) is 14.4. The fraction of sp³-hybridized carbons (Fsp3) is 0.625. The first-order valence-electron chi connectivity index (χ1n) is 8.37. The summed E-state index contributed by atoms with van der Waals surface area (Å²) in [5.41, 5.74) is 3.43. The zero-order chi connectivity index (χ0) is 17.1. The topological polar surface area (TPSA) is 72.6 Å². The molecule has 1 aliphatic heterocycles. The molecule has 0 radical (unpaired) electrons. The lowest BCUT2D eigenvalue weighted by molar-refractivity contribution is 0.160. The minimum absolute atomic E-state index is 0.229. The first-order chi connectivity index (χ1) is 11.6. The number of aryl methyl sites for hydroxylation is 2. The SMILES string of the molecule is CCCCc1c(C)nc2nc(SCCN3CCOC3=O)nn2c1C. The van der Waals surface area contributed by atoms with Crippen LogP contribution in [0.1, 0.15) is 36.7 Å². The largest absolute Gasteiger partial charge is 0.448 e. The van der Waals surface area contributed by atoms with Crippen LogP contribution in [0.3, 0.4) is 0 Å². The number of unbranched alkanes of at least 4 members (excludes halogenated alkanes) is 1. The molecule has 0 N–H and O–H groups in total. The highest BCUT2D eigenvalue weighted by atomic mass is 32.2.